The number of aromatic nitrogens is 3. The van der Waals surface area contributed by atoms with E-state index in [1.54, 1.807) is 36.7 Å². The van der Waals surface area contributed by atoms with Crippen LogP contribution in [-0.2, 0) is 4.79 Å². The van der Waals surface area contributed by atoms with Gasteiger partial charge in [-0.3, -0.25) is 4.79 Å². The van der Waals surface area contributed by atoms with Gasteiger partial charge in [0, 0.05) is 5.56 Å². The van der Waals surface area contributed by atoms with Gasteiger partial charge in [-0.15, -0.1) is 5.10 Å². The summed E-state index contributed by atoms with van der Waals surface area (Å²) < 4.78 is 1.53. The molecule has 1 saturated carbocycles. The largest absolute Gasteiger partial charge is 0.480 e. The number of benzene rings is 1. The summed E-state index contributed by atoms with van der Waals surface area (Å²) >= 11 is 0. The van der Waals surface area contributed by atoms with Gasteiger partial charge in [-0.05, 0) is 37.0 Å². The first-order valence-electron chi connectivity index (χ1n) is 6.65. The Morgan fingerprint density at radius 3 is 2.81 bits per heavy atom. The summed E-state index contributed by atoms with van der Waals surface area (Å²) in [6.07, 6.45) is 4.90. The van der Waals surface area contributed by atoms with E-state index in [4.69, 9.17) is 5.11 Å². The van der Waals surface area contributed by atoms with Gasteiger partial charge in [0.2, 0.25) is 0 Å². The van der Waals surface area contributed by atoms with Crippen LogP contribution in [0.25, 0.3) is 5.69 Å². The van der Waals surface area contributed by atoms with Crippen molar-refractivity contribution in [3.8, 4) is 5.69 Å². The van der Waals surface area contributed by atoms with Crippen LogP contribution < -0.4 is 5.32 Å². The molecule has 1 atom stereocenters. The maximum atomic E-state index is 12.2. The summed E-state index contributed by atoms with van der Waals surface area (Å²) in [4.78, 5) is 23.4. The third kappa shape index (κ3) is 2.91. The van der Waals surface area contributed by atoms with Crippen LogP contribution in [0.5, 0.6) is 0 Å². The van der Waals surface area contributed by atoms with Gasteiger partial charge in [0.05, 0.1) is 18.1 Å². The number of carbonyl (C=O) groups excluding carboxylic acids is 1. The molecule has 0 aliphatic heterocycles. The number of nitrogens with one attached hydrogen (secondary N) is 1. The highest BCUT2D eigenvalue weighted by molar-refractivity contribution is 5.97. The molecule has 1 amide bonds. The molecule has 1 unspecified atom stereocenters. The van der Waals surface area contributed by atoms with E-state index >= 15 is 0 Å². The van der Waals surface area contributed by atoms with Gasteiger partial charge in [0.25, 0.3) is 5.91 Å². The Kier molecular flexibility index (Phi) is 3.39. The number of amides is 1. The van der Waals surface area contributed by atoms with Crippen molar-refractivity contribution < 1.29 is 14.7 Å². The highest BCUT2D eigenvalue weighted by Crippen LogP contribution is 2.32. The van der Waals surface area contributed by atoms with Crippen LogP contribution in [0.1, 0.15) is 23.2 Å². The van der Waals surface area contributed by atoms with Gasteiger partial charge < -0.3 is 10.4 Å². The molecule has 0 radical (unpaired) electrons. The van der Waals surface area contributed by atoms with E-state index in [-0.39, 0.29) is 5.92 Å². The summed E-state index contributed by atoms with van der Waals surface area (Å²) in [7, 11) is 0. The molecule has 2 N–H and O–H groups in total. The second-order valence-electron chi connectivity index (χ2n) is 5.02. The average Bonchev–Trinajstić information content (AvgIpc) is 3.17. The SMILES string of the molecule is O=C(NC(C(=O)O)C1CC1)c1cccc(-n2ccnn2)c1. The molecule has 1 aromatic carbocycles. The predicted molar refractivity (Wildman–Crippen MR) is 73.0 cm³/mol. The van der Waals surface area contributed by atoms with Crippen molar-refractivity contribution in [3.05, 3.63) is 42.2 Å². The third-order valence-corrected chi connectivity index (χ3v) is 3.44. The first-order chi connectivity index (χ1) is 10.1. The second-order valence-corrected chi connectivity index (χ2v) is 5.02. The summed E-state index contributed by atoms with van der Waals surface area (Å²) in [5.41, 5.74) is 1.09. The summed E-state index contributed by atoms with van der Waals surface area (Å²) in [5.74, 6) is -1.33. The van der Waals surface area contributed by atoms with Crippen molar-refractivity contribution in [1.29, 1.82) is 0 Å². The Morgan fingerprint density at radius 2 is 2.19 bits per heavy atom. The lowest BCUT2D eigenvalue weighted by Crippen LogP contribution is -2.42. The van der Waals surface area contributed by atoms with Crippen molar-refractivity contribution in [2.75, 3.05) is 0 Å². The fourth-order valence-electron chi connectivity index (χ4n) is 2.17. The molecular weight excluding hydrogens is 272 g/mol. The van der Waals surface area contributed by atoms with Gasteiger partial charge in [0.15, 0.2) is 0 Å². The Labute approximate surface area is 120 Å². The number of carbonyl (C=O) groups is 2. The fourth-order valence-corrected chi connectivity index (χ4v) is 2.17. The molecule has 7 heteroatoms. The number of carboxylic acid groups (broad SMARTS) is 1. The molecule has 0 spiro atoms. The maximum Gasteiger partial charge on any atom is 0.326 e. The lowest BCUT2D eigenvalue weighted by Gasteiger charge is -2.13. The van der Waals surface area contributed by atoms with Gasteiger partial charge in [0.1, 0.15) is 6.04 Å². The lowest BCUT2D eigenvalue weighted by molar-refractivity contribution is -0.139. The van der Waals surface area contributed by atoms with E-state index in [0.717, 1.165) is 12.8 Å². The predicted octanol–water partition coefficient (Wildman–Crippen LogP) is 0.860. The molecule has 1 aromatic heterocycles. The first kappa shape index (κ1) is 13.3. The third-order valence-electron chi connectivity index (χ3n) is 3.44. The van der Waals surface area contributed by atoms with Crippen molar-refractivity contribution in [2.45, 2.75) is 18.9 Å². The van der Waals surface area contributed by atoms with Crippen LogP contribution in [-0.4, -0.2) is 38.0 Å². The summed E-state index contributed by atoms with van der Waals surface area (Å²) in [6, 6.07) is 5.99. The highest BCUT2D eigenvalue weighted by atomic mass is 16.4. The topological polar surface area (TPSA) is 97.1 Å². The lowest BCUT2D eigenvalue weighted by atomic mass is 10.1. The van der Waals surface area contributed by atoms with E-state index in [1.807, 2.05) is 0 Å². The monoisotopic (exact) mass is 286 g/mol. The van der Waals surface area contributed by atoms with E-state index in [2.05, 4.69) is 15.6 Å². The molecule has 1 fully saturated rings. The Bertz CT molecular complexity index is 665. The van der Waals surface area contributed by atoms with Crippen LogP contribution in [0.15, 0.2) is 36.7 Å². The zero-order valence-electron chi connectivity index (χ0n) is 11.1. The van der Waals surface area contributed by atoms with Crippen molar-refractivity contribution in [2.24, 2.45) is 5.92 Å². The van der Waals surface area contributed by atoms with Crippen LogP contribution in [0.2, 0.25) is 0 Å². The number of rotatable bonds is 5. The van der Waals surface area contributed by atoms with E-state index in [0.29, 0.717) is 11.3 Å². The number of hydrogen-bond donors (Lipinski definition) is 2. The fraction of sp³-hybridized carbons (Fsp3) is 0.286. The minimum atomic E-state index is -0.988. The number of aliphatic carboxylic acids is 1. The van der Waals surface area contributed by atoms with Crippen LogP contribution in [0, 0.1) is 5.92 Å². The maximum absolute atomic E-state index is 12.2. The molecule has 0 bridgehead atoms. The Balaban J connectivity index is 1.78. The van der Waals surface area contributed by atoms with Gasteiger partial charge in [-0.1, -0.05) is 11.3 Å². The molecule has 2 aromatic rings. The minimum Gasteiger partial charge on any atom is -0.480 e. The van der Waals surface area contributed by atoms with Gasteiger partial charge in [-0.25, -0.2) is 9.48 Å². The molecule has 0 saturated heterocycles. The van der Waals surface area contributed by atoms with E-state index < -0.39 is 17.9 Å². The Hall–Kier alpha value is -2.70. The standard InChI is InChI=1S/C14H14N4O3/c19-13(16-12(14(20)21)9-4-5-9)10-2-1-3-11(8-10)18-7-6-15-17-18/h1-3,6-9,12H,4-5H2,(H,16,19)(H,20,21). The molecular formula is C14H14N4O3. The van der Waals surface area contributed by atoms with E-state index in [1.165, 1.54) is 4.68 Å². The summed E-state index contributed by atoms with van der Waals surface area (Å²) in [5, 5.41) is 19.3. The zero-order valence-corrected chi connectivity index (χ0v) is 11.1. The Morgan fingerprint density at radius 1 is 1.38 bits per heavy atom. The molecule has 21 heavy (non-hydrogen) atoms. The zero-order chi connectivity index (χ0) is 14.8. The minimum absolute atomic E-state index is 0.0462. The number of hydrogen-bond acceptors (Lipinski definition) is 4. The van der Waals surface area contributed by atoms with Crippen LogP contribution in [0.3, 0.4) is 0 Å². The second kappa shape index (κ2) is 5.35. The molecule has 108 valence electrons. The van der Waals surface area contributed by atoms with Gasteiger partial charge in [-0.2, -0.15) is 0 Å². The van der Waals surface area contributed by atoms with Crippen molar-refractivity contribution >= 4 is 11.9 Å². The molecule has 1 aliphatic rings. The molecule has 3 rings (SSSR count). The van der Waals surface area contributed by atoms with Crippen molar-refractivity contribution in [1.82, 2.24) is 20.3 Å². The first-order valence-corrected chi connectivity index (χ1v) is 6.65. The molecule has 1 heterocycles. The van der Waals surface area contributed by atoms with Crippen molar-refractivity contribution in [3.63, 3.8) is 0 Å². The van der Waals surface area contributed by atoms with Crippen LogP contribution in [0.4, 0.5) is 0 Å². The van der Waals surface area contributed by atoms with Crippen LogP contribution >= 0.6 is 0 Å². The number of nitrogens with zero attached hydrogens (tertiary/aromatic N) is 3. The average molecular weight is 286 g/mol. The number of carboxylic acids is 1. The highest BCUT2D eigenvalue weighted by Gasteiger charge is 2.37. The smallest absolute Gasteiger partial charge is 0.326 e. The molecule has 7 nitrogen and oxygen atoms in total. The quantitative estimate of drug-likeness (QED) is 0.849. The summed E-state index contributed by atoms with van der Waals surface area (Å²) in [6.45, 7) is 0. The molecule has 1 aliphatic carbocycles. The van der Waals surface area contributed by atoms with E-state index in [9.17, 15) is 9.59 Å². The van der Waals surface area contributed by atoms with Gasteiger partial charge >= 0.3 is 5.97 Å². The normalized spacial score (nSPS) is 15.4.